The monoisotopic (exact) mass is 394 g/mol. The number of thiophene rings is 1. The Morgan fingerprint density at radius 2 is 2.07 bits per heavy atom. The van der Waals surface area contributed by atoms with Crippen LogP contribution >= 0.6 is 22.9 Å². The highest BCUT2D eigenvalue weighted by Gasteiger charge is 2.31. The van der Waals surface area contributed by atoms with Crippen molar-refractivity contribution in [3.05, 3.63) is 87.2 Å². The summed E-state index contributed by atoms with van der Waals surface area (Å²) in [7, 11) is 0. The lowest BCUT2D eigenvalue weighted by Crippen LogP contribution is -2.37. The van der Waals surface area contributed by atoms with Crippen LogP contribution in [0.3, 0.4) is 0 Å². The van der Waals surface area contributed by atoms with Crippen LogP contribution in [0.5, 0.6) is 0 Å². The highest BCUT2D eigenvalue weighted by molar-refractivity contribution is 7.16. The first-order valence-electron chi connectivity index (χ1n) is 8.79. The summed E-state index contributed by atoms with van der Waals surface area (Å²) in [6.07, 6.45) is 1.38. The van der Waals surface area contributed by atoms with Crippen molar-refractivity contribution in [3.8, 4) is 11.3 Å². The normalized spacial score (nSPS) is 16.1. The fourth-order valence-electron chi connectivity index (χ4n) is 3.67. The van der Waals surface area contributed by atoms with Crippen molar-refractivity contribution in [2.45, 2.75) is 19.4 Å². The van der Waals surface area contributed by atoms with Crippen LogP contribution in [0.25, 0.3) is 11.3 Å². The zero-order chi connectivity index (χ0) is 19.0. The Morgan fingerprint density at radius 3 is 2.85 bits per heavy atom. The fourth-order valence-corrected chi connectivity index (χ4v) is 5.03. The summed E-state index contributed by atoms with van der Waals surface area (Å²) in [5, 5.41) is 0. The maximum Gasteiger partial charge on any atom is 0.246 e. The highest BCUT2D eigenvalue weighted by Crippen LogP contribution is 2.42. The quantitative estimate of drug-likeness (QED) is 0.555. The van der Waals surface area contributed by atoms with Crippen LogP contribution in [0.2, 0.25) is 4.34 Å². The number of hydrogen-bond acceptors (Lipinski definition) is 3. The van der Waals surface area contributed by atoms with Gasteiger partial charge in [0.1, 0.15) is 0 Å². The number of hydrogen-bond donors (Lipinski definition) is 0. The third-order valence-electron chi connectivity index (χ3n) is 4.91. The van der Waals surface area contributed by atoms with Crippen molar-refractivity contribution in [2.75, 3.05) is 6.54 Å². The van der Waals surface area contributed by atoms with Gasteiger partial charge in [0, 0.05) is 28.6 Å². The molecule has 0 aliphatic carbocycles. The highest BCUT2D eigenvalue weighted by atomic mass is 35.5. The first-order valence-corrected chi connectivity index (χ1v) is 9.98. The molecule has 27 heavy (non-hydrogen) atoms. The largest absolute Gasteiger partial charge is 0.333 e. The van der Waals surface area contributed by atoms with Gasteiger partial charge in [-0.15, -0.1) is 11.3 Å². The summed E-state index contributed by atoms with van der Waals surface area (Å²) < 4.78 is 0.754. The lowest BCUT2D eigenvalue weighted by atomic mass is 9.85. The van der Waals surface area contributed by atoms with E-state index >= 15 is 0 Å². The van der Waals surface area contributed by atoms with Crippen LogP contribution in [-0.2, 0) is 11.3 Å². The van der Waals surface area contributed by atoms with Crippen molar-refractivity contribution in [3.63, 3.8) is 0 Å². The first-order chi connectivity index (χ1) is 13.1. The molecule has 0 saturated heterocycles. The molecular formula is C22H19ClN2OS. The Bertz CT molecular complexity index is 1030. The number of pyridine rings is 1. The summed E-state index contributed by atoms with van der Waals surface area (Å²) in [5.41, 5.74) is 5.38. The van der Waals surface area contributed by atoms with Crippen LogP contribution < -0.4 is 0 Å². The molecule has 0 unspecified atom stereocenters. The number of aryl methyl sites for hydroxylation is 1. The van der Waals surface area contributed by atoms with Crippen LogP contribution in [0.1, 0.15) is 27.6 Å². The smallest absolute Gasteiger partial charge is 0.246 e. The van der Waals surface area contributed by atoms with Crippen LogP contribution in [0, 0.1) is 6.92 Å². The van der Waals surface area contributed by atoms with Crippen molar-refractivity contribution < 1.29 is 4.79 Å². The van der Waals surface area contributed by atoms with Gasteiger partial charge in [0.2, 0.25) is 5.91 Å². The molecule has 0 fully saturated rings. The maximum absolute atomic E-state index is 12.3. The molecule has 0 bridgehead atoms. The summed E-state index contributed by atoms with van der Waals surface area (Å²) in [5.74, 6) is 0.00115. The van der Waals surface area contributed by atoms with Crippen molar-refractivity contribution in [1.82, 2.24) is 9.88 Å². The lowest BCUT2D eigenvalue weighted by molar-refractivity contribution is -0.127. The topological polar surface area (TPSA) is 33.2 Å². The summed E-state index contributed by atoms with van der Waals surface area (Å²) in [4.78, 5) is 20.0. The van der Waals surface area contributed by atoms with Crippen molar-refractivity contribution >= 4 is 28.8 Å². The number of benzene rings is 1. The van der Waals surface area contributed by atoms with Gasteiger partial charge in [-0.25, -0.2) is 0 Å². The summed E-state index contributed by atoms with van der Waals surface area (Å²) >= 11 is 7.87. The Morgan fingerprint density at radius 1 is 1.26 bits per heavy atom. The third-order valence-corrected chi connectivity index (χ3v) is 6.18. The Labute approximate surface area is 167 Å². The lowest BCUT2D eigenvalue weighted by Gasteiger charge is -2.33. The average molecular weight is 395 g/mol. The molecule has 4 rings (SSSR count). The van der Waals surface area contributed by atoms with Gasteiger partial charge in [-0.05, 0) is 42.3 Å². The number of fused-ring (bicyclic) bond motifs is 1. The second kappa shape index (κ2) is 7.29. The molecule has 1 amide bonds. The van der Waals surface area contributed by atoms with E-state index in [1.54, 1.807) is 11.3 Å². The molecule has 1 aliphatic heterocycles. The van der Waals surface area contributed by atoms with E-state index < -0.39 is 0 Å². The predicted octanol–water partition coefficient (Wildman–Crippen LogP) is 5.43. The van der Waals surface area contributed by atoms with Crippen LogP contribution in [0.4, 0.5) is 0 Å². The third kappa shape index (κ3) is 3.43. The van der Waals surface area contributed by atoms with Gasteiger partial charge in [-0.3, -0.25) is 9.78 Å². The molecule has 3 aromatic rings. The van der Waals surface area contributed by atoms with Crippen LogP contribution in [0.15, 0.2) is 61.2 Å². The first kappa shape index (κ1) is 18.0. The van der Waals surface area contributed by atoms with Crippen molar-refractivity contribution in [1.29, 1.82) is 0 Å². The maximum atomic E-state index is 12.3. The minimum Gasteiger partial charge on any atom is -0.333 e. The number of amides is 1. The molecule has 1 atom stereocenters. The van der Waals surface area contributed by atoms with E-state index in [2.05, 4.69) is 18.7 Å². The summed E-state index contributed by atoms with van der Waals surface area (Å²) in [6, 6.07) is 16.4. The number of carbonyl (C=O) groups excluding carboxylic acids is 1. The Hall–Kier alpha value is -2.43. The van der Waals surface area contributed by atoms with Crippen molar-refractivity contribution in [2.24, 2.45) is 0 Å². The zero-order valence-electron chi connectivity index (χ0n) is 15.0. The zero-order valence-corrected chi connectivity index (χ0v) is 16.6. The fraction of sp³-hybridized carbons (Fsp3) is 0.182. The second-order valence-electron chi connectivity index (χ2n) is 6.66. The van der Waals surface area contributed by atoms with E-state index in [0.717, 1.165) is 31.7 Å². The molecule has 0 saturated carbocycles. The number of aromatic nitrogens is 1. The average Bonchev–Trinajstić information content (AvgIpc) is 3.06. The van der Waals surface area contributed by atoms with Gasteiger partial charge in [-0.1, -0.05) is 48.5 Å². The molecule has 5 heteroatoms. The molecule has 0 radical (unpaired) electrons. The Kier molecular flexibility index (Phi) is 4.85. The van der Waals surface area contributed by atoms with E-state index in [9.17, 15) is 4.79 Å². The molecule has 136 valence electrons. The van der Waals surface area contributed by atoms with Gasteiger partial charge in [0.25, 0.3) is 0 Å². The minimum atomic E-state index is -0.0543. The SMILES string of the molecule is C=CC(=O)N1Cc2sc(Cl)cc2[C@H](c2ccccc2-c2cccc(C)n2)C1. The van der Waals surface area contributed by atoms with Gasteiger partial charge in [-0.2, -0.15) is 0 Å². The summed E-state index contributed by atoms with van der Waals surface area (Å²) in [6.45, 7) is 6.83. The number of nitrogens with zero attached hydrogens (tertiary/aromatic N) is 2. The van der Waals surface area contributed by atoms with Gasteiger partial charge >= 0.3 is 0 Å². The molecule has 1 aromatic carbocycles. The van der Waals surface area contributed by atoms with E-state index in [-0.39, 0.29) is 11.8 Å². The molecule has 1 aliphatic rings. The second-order valence-corrected chi connectivity index (χ2v) is 8.42. The van der Waals surface area contributed by atoms with E-state index in [0.29, 0.717) is 13.1 Å². The van der Waals surface area contributed by atoms with E-state index in [1.165, 1.54) is 11.6 Å². The van der Waals surface area contributed by atoms with E-state index in [4.69, 9.17) is 16.6 Å². The van der Waals surface area contributed by atoms with E-state index in [1.807, 2.05) is 48.2 Å². The van der Waals surface area contributed by atoms with Crippen LogP contribution in [-0.4, -0.2) is 22.3 Å². The van der Waals surface area contributed by atoms with Gasteiger partial charge < -0.3 is 4.90 Å². The minimum absolute atomic E-state index is 0.0543. The molecule has 2 aromatic heterocycles. The molecule has 0 spiro atoms. The molecule has 3 heterocycles. The standard InChI is InChI=1S/C22H19ClN2OS/c1-3-22(26)25-12-18(17-11-21(23)27-20(17)13-25)15-8-4-5-9-16(15)19-10-6-7-14(2)24-19/h3-11,18H,1,12-13H2,2H3/t18-/m0/s1. The number of carbonyl (C=O) groups is 1. The van der Waals surface area contributed by atoms with Gasteiger partial charge in [0.15, 0.2) is 0 Å². The van der Waals surface area contributed by atoms with Gasteiger partial charge in [0.05, 0.1) is 16.6 Å². The number of halogens is 1. The predicted molar refractivity (Wildman–Crippen MR) is 111 cm³/mol. The molecular weight excluding hydrogens is 376 g/mol. The molecule has 0 N–H and O–H groups in total. The Balaban J connectivity index is 1.85. The molecule has 3 nitrogen and oxygen atoms in total. The number of rotatable bonds is 3.